The van der Waals surface area contributed by atoms with Crippen LogP contribution < -0.4 is 15.8 Å². The number of para-hydroxylation sites is 1. The summed E-state index contributed by atoms with van der Waals surface area (Å²) in [6.45, 7) is 5.50. The molecule has 0 fully saturated rings. The zero-order chi connectivity index (χ0) is 13.7. The van der Waals surface area contributed by atoms with Crippen molar-refractivity contribution in [3.63, 3.8) is 0 Å². The summed E-state index contributed by atoms with van der Waals surface area (Å²) in [6, 6.07) is 5.81. The largest absolute Gasteiger partial charge is 0.491 e. The number of nitrogen functional groups attached to an aromatic ring is 1. The van der Waals surface area contributed by atoms with Crippen molar-refractivity contribution in [2.24, 2.45) is 0 Å². The monoisotopic (exact) mass is 277 g/mol. The molecule has 0 spiro atoms. The van der Waals surface area contributed by atoms with Gasteiger partial charge in [-0.2, -0.15) is 0 Å². The van der Waals surface area contributed by atoms with Crippen LogP contribution >= 0.6 is 11.3 Å². The quantitative estimate of drug-likeness (QED) is 0.794. The maximum atomic E-state index is 6.10. The predicted molar refractivity (Wildman–Crippen MR) is 80.8 cm³/mol. The van der Waals surface area contributed by atoms with E-state index in [9.17, 15) is 0 Å². The van der Waals surface area contributed by atoms with Crippen LogP contribution in [0.5, 0.6) is 5.75 Å². The van der Waals surface area contributed by atoms with E-state index in [2.05, 4.69) is 17.2 Å². The SMILES string of the molecule is CCCOc1cccc(NCc2scnc2C)c1N. The lowest BCUT2D eigenvalue weighted by Crippen LogP contribution is -2.05. The summed E-state index contributed by atoms with van der Waals surface area (Å²) in [5, 5.41) is 3.34. The second-order valence-electron chi connectivity index (χ2n) is 4.28. The zero-order valence-electron chi connectivity index (χ0n) is 11.3. The van der Waals surface area contributed by atoms with Gasteiger partial charge in [-0.15, -0.1) is 11.3 Å². The average Bonchev–Trinajstić information content (AvgIpc) is 2.82. The van der Waals surface area contributed by atoms with Crippen molar-refractivity contribution in [3.05, 3.63) is 34.3 Å². The van der Waals surface area contributed by atoms with Crippen LogP contribution in [-0.2, 0) is 6.54 Å². The van der Waals surface area contributed by atoms with Crippen molar-refractivity contribution in [3.8, 4) is 5.75 Å². The van der Waals surface area contributed by atoms with Crippen LogP contribution in [0.2, 0.25) is 0 Å². The van der Waals surface area contributed by atoms with Crippen molar-refractivity contribution < 1.29 is 4.74 Å². The number of rotatable bonds is 6. The molecule has 1 aromatic carbocycles. The Labute approximate surface area is 117 Å². The Kier molecular flexibility index (Phi) is 4.63. The van der Waals surface area contributed by atoms with E-state index in [1.165, 1.54) is 4.88 Å². The highest BCUT2D eigenvalue weighted by Gasteiger charge is 2.07. The molecule has 1 aromatic heterocycles. The molecule has 102 valence electrons. The van der Waals surface area contributed by atoms with Gasteiger partial charge in [0.2, 0.25) is 0 Å². The average molecular weight is 277 g/mol. The molecule has 0 saturated carbocycles. The van der Waals surface area contributed by atoms with Gasteiger partial charge in [0.05, 0.1) is 35.7 Å². The van der Waals surface area contributed by atoms with Crippen LogP contribution in [0.25, 0.3) is 0 Å². The Balaban J connectivity index is 2.06. The van der Waals surface area contributed by atoms with E-state index in [-0.39, 0.29) is 0 Å². The fourth-order valence-corrected chi connectivity index (χ4v) is 2.42. The molecule has 0 aliphatic heterocycles. The molecule has 0 atom stereocenters. The zero-order valence-corrected chi connectivity index (χ0v) is 12.1. The summed E-state index contributed by atoms with van der Waals surface area (Å²) in [7, 11) is 0. The molecular weight excluding hydrogens is 258 g/mol. The first-order chi connectivity index (χ1) is 9.22. The minimum absolute atomic E-state index is 0.665. The number of nitrogens with zero attached hydrogens (tertiary/aromatic N) is 1. The van der Waals surface area contributed by atoms with Gasteiger partial charge < -0.3 is 15.8 Å². The first kappa shape index (κ1) is 13.7. The number of thiazole rings is 1. The van der Waals surface area contributed by atoms with E-state index < -0.39 is 0 Å². The summed E-state index contributed by atoms with van der Waals surface area (Å²) < 4.78 is 5.61. The third-order valence-corrected chi connectivity index (χ3v) is 3.75. The number of benzene rings is 1. The highest BCUT2D eigenvalue weighted by atomic mass is 32.1. The van der Waals surface area contributed by atoms with E-state index >= 15 is 0 Å². The van der Waals surface area contributed by atoms with Crippen LogP contribution in [0.3, 0.4) is 0 Å². The number of aromatic nitrogens is 1. The Morgan fingerprint density at radius 2 is 2.26 bits per heavy atom. The summed E-state index contributed by atoms with van der Waals surface area (Å²) in [5.41, 5.74) is 10.6. The van der Waals surface area contributed by atoms with Gasteiger partial charge in [-0.3, -0.25) is 0 Å². The smallest absolute Gasteiger partial charge is 0.144 e. The lowest BCUT2D eigenvalue weighted by atomic mass is 10.2. The molecule has 3 N–H and O–H groups in total. The van der Waals surface area contributed by atoms with E-state index in [4.69, 9.17) is 10.5 Å². The van der Waals surface area contributed by atoms with Gasteiger partial charge in [0.15, 0.2) is 0 Å². The standard InChI is InChI=1S/C14H19N3OS/c1-3-7-18-12-6-4-5-11(14(12)15)16-8-13-10(2)17-9-19-13/h4-6,9,16H,3,7-8,15H2,1-2H3. The predicted octanol–water partition coefficient (Wildman–Crippen LogP) is 3.43. The van der Waals surface area contributed by atoms with Crippen molar-refractivity contribution in [2.45, 2.75) is 26.8 Å². The Morgan fingerprint density at radius 3 is 2.95 bits per heavy atom. The van der Waals surface area contributed by atoms with Crippen LogP contribution in [0.15, 0.2) is 23.7 Å². The molecule has 0 bridgehead atoms. The highest BCUT2D eigenvalue weighted by Crippen LogP contribution is 2.30. The molecule has 0 radical (unpaired) electrons. The molecule has 1 heterocycles. The fraction of sp³-hybridized carbons (Fsp3) is 0.357. The van der Waals surface area contributed by atoms with Crippen molar-refractivity contribution >= 4 is 22.7 Å². The topological polar surface area (TPSA) is 60.2 Å². The molecular formula is C14H19N3OS. The molecule has 0 aliphatic carbocycles. The van der Waals surface area contributed by atoms with Crippen LogP contribution in [-0.4, -0.2) is 11.6 Å². The first-order valence-corrected chi connectivity index (χ1v) is 7.24. The van der Waals surface area contributed by atoms with Gasteiger partial charge in [-0.25, -0.2) is 4.98 Å². The first-order valence-electron chi connectivity index (χ1n) is 6.36. The van der Waals surface area contributed by atoms with Gasteiger partial charge in [0.25, 0.3) is 0 Å². The normalized spacial score (nSPS) is 10.4. The third-order valence-electron chi connectivity index (χ3n) is 2.81. The van der Waals surface area contributed by atoms with Gasteiger partial charge in [0.1, 0.15) is 5.75 Å². The van der Waals surface area contributed by atoms with Gasteiger partial charge in [-0.1, -0.05) is 13.0 Å². The van der Waals surface area contributed by atoms with Crippen molar-refractivity contribution in [2.75, 3.05) is 17.7 Å². The number of nitrogens with one attached hydrogen (secondary N) is 1. The number of hydrogen-bond donors (Lipinski definition) is 2. The second-order valence-corrected chi connectivity index (χ2v) is 5.22. The molecule has 2 rings (SSSR count). The Bertz CT molecular complexity index is 539. The Morgan fingerprint density at radius 1 is 1.42 bits per heavy atom. The minimum Gasteiger partial charge on any atom is -0.491 e. The molecule has 5 heteroatoms. The van der Waals surface area contributed by atoms with Gasteiger partial charge in [0, 0.05) is 4.88 Å². The third kappa shape index (κ3) is 3.38. The van der Waals surface area contributed by atoms with Crippen LogP contribution in [0, 0.1) is 6.92 Å². The molecule has 0 saturated heterocycles. The summed E-state index contributed by atoms with van der Waals surface area (Å²) >= 11 is 1.65. The molecule has 19 heavy (non-hydrogen) atoms. The maximum Gasteiger partial charge on any atom is 0.144 e. The second kappa shape index (κ2) is 6.43. The lowest BCUT2D eigenvalue weighted by Gasteiger charge is -2.13. The number of hydrogen-bond acceptors (Lipinski definition) is 5. The molecule has 4 nitrogen and oxygen atoms in total. The van der Waals surface area contributed by atoms with E-state index in [0.29, 0.717) is 12.3 Å². The number of anilines is 2. The number of ether oxygens (including phenoxy) is 1. The minimum atomic E-state index is 0.665. The van der Waals surface area contributed by atoms with Gasteiger partial charge in [-0.05, 0) is 25.5 Å². The number of aryl methyl sites for hydroxylation is 1. The summed E-state index contributed by atoms with van der Waals surface area (Å²) in [4.78, 5) is 5.45. The Hall–Kier alpha value is -1.75. The summed E-state index contributed by atoms with van der Waals surface area (Å²) in [5.74, 6) is 0.743. The van der Waals surface area contributed by atoms with E-state index in [1.807, 2.05) is 30.6 Å². The molecule has 2 aromatic rings. The molecule has 0 amide bonds. The molecule has 0 aliphatic rings. The highest BCUT2D eigenvalue weighted by molar-refractivity contribution is 7.09. The van der Waals surface area contributed by atoms with Crippen molar-refractivity contribution in [1.29, 1.82) is 0 Å². The van der Waals surface area contributed by atoms with Crippen LogP contribution in [0.4, 0.5) is 11.4 Å². The fourth-order valence-electron chi connectivity index (χ4n) is 1.71. The van der Waals surface area contributed by atoms with E-state index in [0.717, 1.165) is 30.1 Å². The lowest BCUT2D eigenvalue weighted by molar-refractivity contribution is 0.319. The van der Waals surface area contributed by atoms with E-state index in [1.54, 1.807) is 11.3 Å². The van der Waals surface area contributed by atoms with Gasteiger partial charge >= 0.3 is 0 Å². The van der Waals surface area contributed by atoms with Crippen molar-refractivity contribution in [1.82, 2.24) is 4.98 Å². The molecule has 0 unspecified atom stereocenters. The number of nitrogens with two attached hydrogens (primary N) is 1. The maximum absolute atomic E-state index is 6.10. The van der Waals surface area contributed by atoms with Crippen LogP contribution in [0.1, 0.15) is 23.9 Å². The summed E-state index contributed by atoms with van der Waals surface area (Å²) in [6.07, 6.45) is 0.969.